The van der Waals surface area contributed by atoms with Crippen molar-refractivity contribution in [3.8, 4) is 0 Å². The Kier molecular flexibility index (Phi) is 3.76. The molecular weight excluding hydrogens is 276 g/mol. The fourth-order valence-electron chi connectivity index (χ4n) is 1.73. The number of fused-ring (bicyclic) bond motifs is 1. The highest BCUT2D eigenvalue weighted by Crippen LogP contribution is 2.36. The maximum Gasteiger partial charge on any atom is 0.342 e. The highest BCUT2D eigenvalue weighted by atomic mass is 32.1. The number of amides is 1. The Morgan fingerprint density at radius 2 is 2.05 bits per heavy atom. The van der Waals surface area contributed by atoms with E-state index in [1.54, 1.807) is 39.2 Å². The van der Waals surface area contributed by atoms with Gasteiger partial charge in [-0.05, 0) is 26.8 Å². The minimum atomic E-state index is -0.591. The molecule has 0 saturated heterocycles. The zero-order valence-corrected chi connectivity index (χ0v) is 12.6. The Balaban J connectivity index is 2.53. The second-order valence-corrected chi connectivity index (χ2v) is 6.41. The molecule has 0 aliphatic carbocycles. The molecule has 2 aromatic rings. The number of hydrogen-bond donors (Lipinski definition) is 1. The Labute approximate surface area is 121 Å². The smallest absolute Gasteiger partial charge is 0.342 e. The van der Waals surface area contributed by atoms with Crippen LogP contribution < -0.4 is 5.32 Å². The number of esters is 1. The molecule has 2 aromatic heterocycles. The molecule has 0 aliphatic heterocycles. The van der Waals surface area contributed by atoms with E-state index in [4.69, 9.17) is 4.74 Å². The van der Waals surface area contributed by atoms with E-state index in [1.165, 1.54) is 18.3 Å². The molecule has 0 aromatic carbocycles. The highest BCUT2D eigenvalue weighted by molar-refractivity contribution is 7.23. The van der Waals surface area contributed by atoms with Crippen LogP contribution in [0, 0.1) is 0 Å². The quantitative estimate of drug-likeness (QED) is 0.863. The summed E-state index contributed by atoms with van der Waals surface area (Å²) in [6.45, 7) is 6.82. The molecule has 2 heterocycles. The third-order valence-electron chi connectivity index (χ3n) is 2.39. The number of anilines is 1. The van der Waals surface area contributed by atoms with Crippen molar-refractivity contribution in [1.82, 2.24) is 4.98 Å². The van der Waals surface area contributed by atoms with Crippen molar-refractivity contribution in [2.24, 2.45) is 0 Å². The summed E-state index contributed by atoms with van der Waals surface area (Å²) in [5.41, 5.74) is -0.205. The lowest BCUT2D eigenvalue weighted by molar-refractivity contribution is -0.114. The van der Waals surface area contributed by atoms with Gasteiger partial charge in [0.1, 0.15) is 16.2 Å². The summed E-state index contributed by atoms with van der Waals surface area (Å²) in [7, 11) is 0. The van der Waals surface area contributed by atoms with Gasteiger partial charge in [0.15, 0.2) is 0 Å². The number of carbonyl (C=O) groups is 2. The van der Waals surface area contributed by atoms with Gasteiger partial charge in [-0.15, -0.1) is 11.3 Å². The van der Waals surface area contributed by atoms with E-state index in [1.807, 2.05) is 0 Å². The first-order valence-corrected chi connectivity index (χ1v) is 6.97. The number of rotatable bonds is 2. The third-order valence-corrected chi connectivity index (χ3v) is 3.44. The van der Waals surface area contributed by atoms with Gasteiger partial charge in [0, 0.05) is 24.7 Å². The number of hydrogen-bond acceptors (Lipinski definition) is 5. The SMILES string of the molecule is CC(=O)Nc1sc2cnccc2c1C(=O)OC(C)(C)C. The molecule has 0 radical (unpaired) electrons. The third kappa shape index (κ3) is 3.14. The van der Waals surface area contributed by atoms with E-state index in [0.717, 1.165) is 10.1 Å². The van der Waals surface area contributed by atoms with Crippen molar-refractivity contribution < 1.29 is 14.3 Å². The molecular formula is C14H16N2O3S. The molecule has 0 aliphatic rings. The maximum atomic E-state index is 12.4. The van der Waals surface area contributed by atoms with Crippen LogP contribution in [-0.2, 0) is 9.53 Å². The van der Waals surface area contributed by atoms with E-state index in [0.29, 0.717) is 10.6 Å². The molecule has 6 heteroatoms. The Morgan fingerprint density at radius 3 is 2.65 bits per heavy atom. The monoisotopic (exact) mass is 292 g/mol. The number of pyridine rings is 1. The Morgan fingerprint density at radius 1 is 1.35 bits per heavy atom. The van der Waals surface area contributed by atoms with Crippen molar-refractivity contribution in [3.05, 3.63) is 24.0 Å². The van der Waals surface area contributed by atoms with E-state index in [9.17, 15) is 9.59 Å². The normalized spacial score (nSPS) is 11.4. The van der Waals surface area contributed by atoms with Crippen molar-refractivity contribution in [3.63, 3.8) is 0 Å². The van der Waals surface area contributed by atoms with Crippen LogP contribution in [0.15, 0.2) is 18.5 Å². The zero-order chi connectivity index (χ0) is 14.9. The summed E-state index contributed by atoms with van der Waals surface area (Å²) in [6.07, 6.45) is 3.28. The van der Waals surface area contributed by atoms with Gasteiger partial charge in [-0.2, -0.15) is 0 Å². The molecule has 20 heavy (non-hydrogen) atoms. The predicted molar refractivity (Wildman–Crippen MR) is 79.1 cm³/mol. The molecule has 0 fully saturated rings. The molecule has 0 unspecified atom stereocenters. The number of thiophene rings is 1. The van der Waals surface area contributed by atoms with Gasteiger partial charge in [-0.3, -0.25) is 9.78 Å². The summed E-state index contributed by atoms with van der Waals surface area (Å²) in [4.78, 5) is 27.7. The van der Waals surface area contributed by atoms with Crippen LogP contribution in [-0.4, -0.2) is 22.5 Å². The van der Waals surface area contributed by atoms with Gasteiger partial charge in [0.25, 0.3) is 0 Å². The van der Waals surface area contributed by atoms with Gasteiger partial charge >= 0.3 is 5.97 Å². The van der Waals surface area contributed by atoms with Crippen LogP contribution in [0.2, 0.25) is 0 Å². The molecule has 0 atom stereocenters. The van der Waals surface area contributed by atoms with Crippen molar-refractivity contribution in [2.75, 3.05) is 5.32 Å². The van der Waals surface area contributed by atoms with Crippen LogP contribution in [0.25, 0.3) is 10.1 Å². The van der Waals surface area contributed by atoms with Gasteiger partial charge in [-0.1, -0.05) is 0 Å². The number of nitrogens with one attached hydrogen (secondary N) is 1. The first-order chi connectivity index (χ1) is 9.28. The van der Waals surface area contributed by atoms with Crippen molar-refractivity contribution >= 4 is 38.3 Å². The molecule has 106 valence electrons. The Bertz CT molecular complexity index is 671. The zero-order valence-electron chi connectivity index (χ0n) is 11.8. The topological polar surface area (TPSA) is 68.3 Å². The van der Waals surface area contributed by atoms with E-state index < -0.39 is 11.6 Å². The van der Waals surface area contributed by atoms with E-state index in [-0.39, 0.29) is 5.91 Å². The first kappa shape index (κ1) is 14.5. The van der Waals surface area contributed by atoms with Crippen LogP contribution in [0.1, 0.15) is 38.1 Å². The molecule has 0 saturated carbocycles. The Hall–Kier alpha value is -1.95. The lowest BCUT2D eigenvalue weighted by atomic mass is 10.1. The molecule has 0 spiro atoms. The van der Waals surface area contributed by atoms with Crippen LogP contribution in [0.5, 0.6) is 0 Å². The van der Waals surface area contributed by atoms with E-state index >= 15 is 0 Å². The lowest BCUT2D eigenvalue weighted by Gasteiger charge is -2.19. The van der Waals surface area contributed by atoms with Gasteiger partial charge in [-0.25, -0.2) is 4.79 Å². The molecule has 2 rings (SSSR count). The fourth-order valence-corrected chi connectivity index (χ4v) is 2.83. The fraction of sp³-hybridized carbons (Fsp3) is 0.357. The minimum Gasteiger partial charge on any atom is -0.456 e. The molecule has 0 bridgehead atoms. The number of carbonyl (C=O) groups excluding carboxylic acids is 2. The van der Waals surface area contributed by atoms with Crippen LogP contribution in [0.4, 0.5) is 5.00 Å². The van der Waals surface area contributed by atoms with Crippen molar-refractivity contribution in [2.45, 2.75) is 33.3 Å². The average molecular weight is 292 g/mol. The molecule has 1 amide bonds. The predicted octanol–water partition coefficient (Wildman–Crippen LogP) is 3.21. The number of aromatic nitrogens is 1. The second-order valence-electron chi connectivity index (χ2n) is 5.36. The lowest BCUT2D eigenvalue weighted by Crippen LogP contribution is -2.24. The maximum absolute atomic E-state index is 12.4. The largest absolute Gasteiger partial charge is 0.456 e. The van der Waals surface area contributed by atoms with Gasteiger partial charge < -0.3 is 10.1 Å². The van der Waals surface area contributed by atoms with Crippen LogP contribution in [0.3, 0.4) is 0 Å². The van der Waals surface area contributed by atoms with Crippen molar-refractivity contribution in [1.29, 1.82) is 0 Å². The standard InChI is InChI=1S/C14H16N2O3S/c1-8(17)16-12-11(13(18)19-14(2,3)4)9-5-6-15-7-10(9)20-12/h5-7H,1-4H3,(H,16,17). The second kappa shape index (κ2) is 5.20. The number of ether oxygens (including phenoxy) is 1. The average Bonchev–Trinajstić information content (AvgIpc) is 2.63. The summed E-state index contributed by atoms with van der Waals surface area (Å²) in [5, 5.41) is 3.91. The molecule has 5 nitrogen and oxygen atoms in total. The minimum absolute atomic E-state index is 0.227. The summed E-state index contributed by atoms with van der Waals surface area (Å²) >= 11 is 1.31. The summed E-state index contributed by atoms with van der Waals surface area (Å²) in [5.74, 6) is -0.673. The number of nitrogens with zero attached hydrogens (tertiary/aromatic N) is 1. The van der Waals surface area contributed by atoms with Crippen LogP contribution >= 0.6 is 11.3 Å². The van der Waals surface area contributed by atoms with Gasteiger partial charge in [0.05, 0.1) is 4.70 Å². The highest BCUT2D eigenvalue weighted by Gasteiger charge is 2.25. The summed E-state index contributed by atoms with van der Waals surface area (Å²) < 4.78 is 6.24. The van der Waals surface area contributed by atoms with Gasteiger partial charge in [0.2, 0.25) is 5.91 Å². The molecule has 1 N–H and O–H groups in total. The summed E-state index contributed by atoms with van der Waals surface area (Å²) in [6, 6.07) is 1.75. The first-order valence-electron chi connectivity index (χ1n) is 6.15. The van der Waals surface area contributed by atoms with E-state index in [2.05, 4.69) is 10.3 Å².